The Labute approximate surface area is 125 Å². The summed E-state index contributed by atoms with van der Waals surface area (Å²) >= 11 is 0. The molecule has 6 heteroatoms. The Morgan fingerprint density at radius 2 is 1.80 bits per heavy atom. The molecule has 1 fully saturated rings. The highest BCUT2D eigenvalue weighted by molar-refractivity contribution is 5.87. The molecule has 1 heterocycles. The summed E-state index contributed by atoms with van der Waals surface area (Å²) in [5.41, 5.74) is 6.17. The molecule has 0 bridgehead atoms. The molecule has 0 unspecified atom stereocenters. The fraction of sp³-hybridized carbons (Fsp3) is 0.500. The number of nitrogens with two attached hydrogens (primary N) is 1. The second-order valence-corrected chi connectivity index (χ2v) is 4.59. The first-order valence-electron chi connectivity index (χ1n) is 6.52. The molecule has 0 radical (unpaired) electrons. The van der Waals surface area contributed by atoms with E-state index in [1.54, 1.807) is 12.1 Å². The fourth-order valence-corrected chi connectivity index (χ4v) is 1.86. The summed E-state index contributed by atoms with van der Waals surface area (Å²) in [6, 6.07) is 6.06. The Kier molecular flexibility index (Phi) is 8.96. The van der Waals surface area contributed by atoms with Gasteiger partial charge in [0, 0.05) is 18.8 Å². The van der Waals surface area contributed by atoms with Crippen LogP contribution < -0.4 is 5.73 Å². The zero-order valence-electron chi connectivity index (χ0n) is 11.7. The van der Waals surface area contributed by atoms with Crippen LogP contribution in [0.2, 0.25) is 0 Å². The Morgan fingerprint density at radius 1 is 1.30 bits per heavy atom. The number of carboxylic acids is 1. The molecule has 0 atom stereocenters. The van der Waals surface area contributed by atoms with Crippen molar-refractivity contribution in [2.45, 2.75) is 25.9 Å². The highest BCUT2D eigenvalue weighted by Gasteiger charge is 2.14. The van der Waals surface area contributed by atoms with Crippen molar-refractivity contribution in [3.8, 4) is 0 Å². The number of carbonyl (C=O) groups is 1. The standard InChI is InChI=1S/C7H7NO2.C7H15NO.ClH/c8-6-3-1-5(2-4-6)7(9)10;1-2-8-5-3-7(9)4-6-8;/h1-4H,8H2,(H,9,10);7,9H,2-6H2,1H3;1H. The smallest absolute Gasteiger partial charge is 0.335 e. The quantitative estimate of drug-likeness (QED) is 0.726. The average molecular weight is 303 g/mol. The zero-order valence-corrected chi connectivity index (χ0v) is 12.5. The zero-order chi connectivity index (χ0) is 14.3. The van der Waals surface area contributed by atoms with Gasteiger partial charge in [-0.1, -0.05) is 6.92 Å². The molecule has 1 aliphatic heterocycles. The number of carboxylic acid groups (broad SMARTS) is 1. The summed E-state index contributed by atoms with van der Waals surface area (Å²) in [5, 5.41) is 17.5. The maximum atomic E-state index is 10.3. The van der Waals surface area contributed by atoms with Crippen LogP contribution in [0.15, 0.2) is 24.3 Å². The van der Waals surface area contributed by atoms with Crippen LogP contribution >= 0.6 is 12.4 Å². The summed E-state index contributed by atoms with van der Waals surface area (Å²) in [4.78, 5) is 12.6. The molecule has 4 N–H and O–H groups in total. The van der Waals surface area contributed by atoms with Gasteiger partial charge >= 0.3 is 5.97 Å². The number of anilines is 1. The van der Waals surface area contributed by atoms with Crippen molar-refractivity contribution in [1.29, 1.82) is 0 Å². The number of hydrogen-bond acceptors (Lipinski definition) is 4. The van der Waals surface area contributed by atoms with Gasteiger partial charge in [-0.2, -0.15) is 0 Å². The van der Waals surface area contributed by atoms with Crippen LogP contribution in [0.25, 0.3) is 0 Å². The first kappa shape index (κ1) is 18.7. The highest BCUT2D eigenvalue weighted by atomic mass is 35.5. The lowest BCUT2D eigenvalue weighted by Gasteiger charge is -2.27. The molecule has 1 saturated heterocycles. The van der Waals surface area contributed by atoms with E-state index >= 15 is 0 Å². The third-order valence-corrected chi connectivity index (χ3v) is 3.16. The van der Waals surface area contributed by atoms with Crippen LogP contribution in [0, 0.1) is 0 Å². The number of piperidine rings is 1. The number of aliphatic hydroxyl groups excluding tert-OH is 1. The lowest BCUT2D eigenvalue weighted by atomic mass is 10.1. The van der Waals surface area contributed by atoms with Crippen molar-refractivity contribution in [1.82, 2.24) is 4.90 Å². The van der Waals surface area contributed by atoms with E-state index in [0.717, 1.165) is 32.5 Å². The first-order valence-corrected chi connectivity index (χ1v) is 6.52. The lowest BCUT2D eigenvalue weighted by Crippen LogP contribution is -2.35. The van der Waals surface area contributed by atoms with Gasteiger partial charge in [0.2, 0.25) is 0 Å². The van der Waals surface area contributed by atoms with E-state index in [9.17, 15) is 4.79 Å². The van der Waals surface area contributed by atoms with Gasteiger partial charge in [0.05, 0.1) is 11.7 Å². The van der Waals surface area contributed by atoms with Gasteiger partial charge in [0.15, 0.2) is 0 Å². The van der Waals surface area contributed by atoms with Crippen LogP contribution in [0.4, 0.5) is 5.69 Å². The topological polar surface area (TPSA) is 86.8 Å². The van der Waals surface area contributed by atoms with E-state index in [-0.39, 0.29) is 24.1 Å². The first-order chi connectivity index (χ1) is 9.02. The molecule has 1 aromatic carbocycles. The van der Waals surface area contributed by atoms with E-state index in [2.05, 4.69) is 11.8 Å². The van der Waals surface area contributed by atoms with E-state index in [4.69, 9.17) is 15.9 Å². The maximum Gasteiger partial charge on any atom is 0.335 e. The summed E-state index contributed by atoms with van der Waals surface area (Å²) < 4.78 is 0. The Hall–Kier alpha value is -1.30. The molecule has 114 valence electrons. The molecule has 1 aromatic rings. The van der Waals surface area contributed by atoms with Crippen molar-refractivity contribution >= 4 is 24.1 Å². The molecule has 20 heavy (non-hydrogen) atoms. The van der Waals surface area contributed by atoms with Crippen molar-refractivity contribution in [2.24, 2.45) is 0 Å². The largest absolute Gasteiger partial charge is 0.478 e. The van der Waals surface area contributed by atoms with Crippen LogP contribution in [0.1, 0.15) is 30.1 Å². The van der Waals surface area contributed by atoms with E-state index in [1.165, 1.54) is 12.1 Å². The third kappa shape index (κ3) is 6.75. The average Bonchev–Trinajstić information content (AvgIpc) is 2.41. The minimum Gasteiger partial charge on any atom is -0.478 e. The fourth-order valence-electron chi connectivity index (χ4n) is 1.86. The van der Waals surface area contributed by atoms with Gasteiger partial charge in [0.25, 0.3) is 0 Å². The van der Waals surface area contributed by atoms with E-state index in [0.29, 0.717) is 5.69 Å². The number of aromatic carboxylic acids is 1. The van der Waals surface area contributed by atoms with Gasteiger partial charge in [-0.05, 0) is 43.7 Å². The molecule has 0 aromatic heterocycles. The molecule has 5 nitrogen and oxygen atoms in total. The van der Waals surface area contributed by atoms with Crippen molar-refractivity contribution in [2.75, 3.05) is 25.4 Å². The van der Waals surface area contributed by atoms with Crippen molar-refractivity contribution < 1.29 is 15.0 Å². The SMILES string of the molecule is CCN1CCC(O)CC1.Cl.Nc1ccc(C(=O)O)cc1. The number of likely N-dealkylation sites (tertiary alicyclic amines) is 1. The molecule has 0 aliphatic carbocycles. The Balaban J connectivity index is 0.000000345. The summed E-state index contributed by atoms with van der Waals surface area (Å²) in [6.07, 6.45) is 1.91. The summed E-state index contributed by atoms with van der Waals surface area (Å²) in [6.45, 7) is 5.46. The normalized spacial score (nSPS) is 15.7. The molecule has 0 amide bonds. The number of hydrogen-bond donors (Lipinski definition) is 3. The van der Waals surface area contributed by atoms with Crippen LogP contribution in [-0.4, -0.2) is 46.8 Å². The molecule has 1 aliphatic rings. The number of halogens is 1. The molecular formula is C14H23ClN2O3. The predicted octanol–water partition coefficient (Wildman–Crippen LogP) is 1.85. The van der Waals surface area contributed by atoms with Crippen LogP contribution in [-0.2, 0) is 0 Å². The van der Waals surface area contributed by atoms with Crippen molar-refractivity contribution in [3.05, 3.63) is 29.8 Å². The van der Waals surface area contributed by atoms with E-state index in [1.807, 2.05) is 0 Å². The van der Waals surface area contributed by atoms with E-state index < -0.39 is 5.97 Å². The predicted molar refractivity (Wildman–Crippen MR) is 82.4 cm³/mol. The monoisotopic (exact) mass is 302 g/mol. The minimum atomic E-state index is -0.931. The summed E-state index contributed by atoms with van der Waals surface area (Å²) in [5.74, 6) is -0.931. The van der Waals surface area contributed by atoms with Gasteiger partial charge in [0.1, 0.15) is 0 Å². The van der Waals surface area contributed by atoms with Gasteiger partial charge in [-0.3, -0.25) is 0 Å². The molecular weight excluding hydrogens is 280 g/mol. The minimum absolute atomic E-state index is 0. The number of nitrogens with zero attached hydrogens (tertiary/aromatic N) is 1. The number of rotatable bonds is 2. The van der Waals surface area contributed by atoms with Gasteiger partial charge in [-0.25, -0.2) is 4.79 Å². The number of aliphatic hydroxyl groups is 1. The molecule has 0 spiro atoms. The number of benzene rings is 1. The Bertz CT molecular complexity index is 390. The maximum absolute atomic E-state index is 10.3. The third-order valence-electron chi connectivity index (χ3n) is 3.16. The Morgan fingerprint density at radius 3 is 2.20 bits per heavy atom. The molecule has 0 saturated carbocycles. The lowest BCUT2D eigenvalue weighted by molar-refractivity contribution is 0.0696. The second-order valence-electron chi connectivity index (χ2n) is 4.59. The summed E-state index contributed by atoms with van der Waals surface area (Å²) in [7, 11) is 0. The van der Waals surface area contributed by atoms with Crippen molar-refractivity contribution in [3.63, 3.8) is 0 Å². The highest BCUT2D eigenvalue weighted by Crippen LogP contribution is 2.08. The number of nitrogen functional groups attached to an aromatic ring is 1. The molecule has 2 rings (SSSR count). The second kappa shape index (κ2) is 9.58. The van der Waals surface area contributed by atoms with Gasteiger partial charge in [-0.15, -0.1) is 12.4 Å². The van der Waals surface area contributed by atoms with Crippen LogP contribution in [0.5, 0.6) is 0 Å². The van der Waals surface area contributed by atoms with Crippen LogP contribution in [0.3, 0.4) is 0 Å². The van der Waals surface area contributed by atoms with Gasteiger partial charge < -0.3 is 20.8 Å².